The number of hydrogen-bond acceptors (Lipinski definition) is 3. The number of alkyl halides is 3. The lowest BCUT2D eigenvalue weighted by atomic mass is 10.1. The third-order valence-corrected chi connectivity index (χ3v) is 2.03. The first-order chi connectivity index (χ1) is 8.21. The van der Waals surface area contributed by atoms with Crippen molar-refractivity contribution in [3.8, 4) is 0 Å². The Labute approximate surface area is 99.5 Å². The molecular formula is C11H8F3NO3. The zero-order chi connectivity index (χ0) is 13.9. The molecule has 4 nitrogen and oxygen atoms in total. The van der Waals surface area contributed by atoms with Gasteiger partial charge in [-0.15, -0.1) is 0 Å². The average Bonchev–Trinajstić information content (AvgIpc) is 2.27. The number of rotatable bonds is 3. The van der Waals surface area contributed by atoms with Gasteiger partial charge in [0.25, 0.3) is 5.78 Å². The Morgan fingerprint density at radius 2 is 1.56 bits per heavy atom. The van der Waals surface area contributed by atoms with Crippen LogP contribution < -0.4 is 5.73 Å². The maximum atomic E-state index is 12.0. The van der Waals surface area contributed by atoms with E-state index in [4.69, 9.17) is 10.8 Å². The Hall–Kier alpha value is -2.31. The van der Waals surface area contributed by atoms with Crippen LogP contribution in [0.2, 0.25) is 0 Å². The van der Waals surface area contributed by atoms with Gasteiger partial charge in [-0.05, 0) is 17.7 Å². The molecule has 7 heteroatoms. The molecule has 1 rings (SSSR count). The zero-order valence-electron chi connectivity index (χ0n) is 8.86. The number of carboxylic acid groups (broad SMARTS) is 1. The molecular weight excluding hydrogens is 251 g/mol. The molecule has 3 N–H and O–H groups in total. The van der Waals surface area contributed by atoms with Gasteiger partial charge in [0.1, 0.15) is 0 Å². The number of halogens is 3. The van der Waals surface area contributed by atoms with Gasteiger partial charge in [0.2, 0.25) is 0 Å². The highest BCUT2D eigenvalue weighted by Crippen LogP contribution is 2.19. The van der Waals surface area contributed by atoms with Crippen LogP contribution in [0.15, 0.2) is 30.3 Å². The molecule has 96 valence electrons. The summed E-state index contributed by atoms with van der Waals surface area (Å²) < 4.78 is 35.9. The first kappa shape index (κ1) is 13.8. The SMILES string of the molecule is NC(=CC(=O)C(F)(F)F)c1ccc(C(=O)O)cc1. The van der Waals surface area contributed by atoms with Crippen molar-refractivity contribution in [1.82, 2.24) is 0 Å². The molecule has 0 radical (unpaired) electrons. The van der Waals surface area contributed by atoms with Crippen LogP contribution in [0.1, 0.15) is 15.9 Å². The smallest absolute Gasteiger partial charge is 0.454 e. The number of aromatic carboxylic acids is 1. The first-order valence-corrected chi connectivity index (χ1v) is 4.64. The molecule has 0 unspecified atom stereocenters. The molecule has 0 heterocycles. The van der Waals surface area contributed by atoms with Crippen LogP contribution in [0.3, 0.4) is 0 Å². The number of carbonyl (C=O) groups excluding carboxylic acids is 1. The van der Waals surface area contributed by atoms with Gasteiger partial charge in [0.15, 0.2) is 0 Å². The molecule has 0 aliphatic rings. The fourth-order valence-electron chi connectivity index (χ4n) is 1.11. The molecule has 0 bridgehead atoms. The van der Waals surface area contributed by atoms with E-state index in [0.29, 0.717) is 0 Å². The number of carbonyl (C=O) groups is 2. The number of carboxylic acids is 1. The van der Waals surface area contributed by atoms with E-state index in [9.17, 15) is 22.8 Å². The lowest BCUT2D eigenvalue weighted by molar-refractivity contribution is -0.165. The highest BCUT2D eigenvalue weighted by atomic mass is 19.4. The van der Waals surface area contributed by atoms with Crippen LogP contribution in [-0.4, -0.2) is 23.0 Å². The summed E-state index contributed by atoms with van der Waals surface area (Å²) in [7, 11) is 0. The van der Waals surface area contributed by atoms with Crippen LogP contribution >= 0.6 is 0 Å². The summed E-state index contributed by atoms with van der Waals surface area (Å²) in [5, 5.41) is 8.62. The first-order valence-electron chi connectivity index (χ1n) is 4.64. The summed E-state index contributed by atoms with van der Waals surface area (Å²) in [5.41, 5.74) is 5.03. The molecule has 0 aliphatic carbocycles. The van der Waals surface area contributed by atoms with E-state index >= 15 is 0 Å². The van der Waals surface area contributed by atoms with Crippen molar-refractivity contribution in [3.63, 3.8) is 0 Å². The van der Waals surface area contributed by atoms with Gasteiger partial charge in [-0.1, -0.05) is 12.1 Å². The summed E-state index contributed by atoms with van der Waals surface area (Å²) in [6, 6.07) is 4.80. The Morgan fingerprint density at radius 1 is 1.11 bits per heavy atom. The van der Waals surface area contributed by atoms with Gasteiger partial charge < -0.3 is 10.8 Å². The van der Waals surface area contributed by atoms with Crippen molar-refractivity contribution >= 4 is 17.4 Å². The Balaban J connectivity index is 2.98. The monoisotopic (exact) mass is 259 g/mol. The van der Waals surface area contributed by atoms with E-state index in [1.807, 2.05) is 0 Å². The van der Waals surface area contributed by atoms with E-state index < -0.39 is 17.9 Å². The van der Waals surface area contributed by atoms with Crippen molar-refractivity contribution in [2.75, 3.05) is 0 Å². The molecule has 0 spiro atoms. The summed E-state index contributed by atoms with van der Waals surface area (Å²) >= 11 is 0. The fraction of sp³-hybridized carbons (Fsp3) is 0.0909. The molecule has 0 aliphatic heterocycles. The minimum atomic E-state index is -4.98. The number of allylic oxidation sites excluding steroid dienone is 1. The maximum absolute atomic E-state index is 12.0. The van der Waals surface area contributed by atoms with Crippen molar-refractivity contribution in [2.24, 2.45) is 5.73 Å². The van der Waals surface area contributed by atoms with E-state index in [-0.39, 0.29) is 22.9 Å². The molecule has 1 aromatic rings. The number of benzene rings is 1. The highest BCUT2D eigenvalue weighted by Gasteiger charge is 2.36. The molecule has 0 saturated carbocycles. The molecule has 0 fully saturated rings. The summed E-state index contributed by atoms with van der Waals surface area (Å²) in [6.07, 6.45) is -4.72. The number of nitrogens with two attached hydrogens (primary N) is 1. The van der Waals surface area contributed by atoms with E-state index in [1.165, 1.54) is 24.3 Å². The topological polar surface area (TPSA) is 80.4 Å². The Morgan fingerprint density at radius 3 is 1.94 bits per heavy atom. The van der Waals surface area contributed by atoms with Gasteiger partial charge in [-0.25, -0.2) is 4.79 Å². The second-order valence-electron chi connectivity index (χ2n) is 3.34. The normalized spacial score (nSPS) is 12.3. The number of ketones is 1. The second kappa shape index (κ2) is 4.91. The quantitative estimate of drug-likeness (QED) is 0.811. The van der Waals surface area contributed by atoms with Gasteiger partial charge in [-0.2, -0.15) is 13.2 Å². The lowest BCUT2D eigenvalue weighted by Crippen LogP contribution is -2.21. The average molecular weight is 259 g/mol. The standard InChI is InChI=1S/C11H8F3NO3/c12-11(13,14)9(16)5-8(15)6-1-3-7(4-2-6)10(17)18/h1-5H,15H2,(H,17,18). The van der Waals surface area contributed by atoms with Gasteiger partial charge in [0.05, 0.1) is 5.56 Å². The second-order valence-corrected chi connectivity index (χ2v) is 3.34. The number of hydrogen-bond donors (Lipinski definition) is 2. The molecule has 0 amide bonds. The van der Waals surface area contributed by atoms with E-state index in [2.05, 4.69) is 0 Å². The van der Waals surface area contributed by atoms with Crippen molar-refractivity contribution in [2.45, 2.75) is 6.18 Å². The molecule has 0 saturated heterocycles. The van der Waals surface area contributed by atoms with Crippen LogP contribution in [0.5, 0.6) is 0 Å². The fourth-order valence-corrected chi connectivity index (χ4v) is 1.11. The van der Waals surface area contributed by atoms with Crippen LogP contribution in [0.4, 0.5) is 13.2 Å². The van der Waals surface area contributed by atoms with Crippen molar-refractivity contribution in [1.29, 1.82) is 0 Å². The molecule has 1 aromatic carbocycles. The minimum absolute atomic E-state index is 0.0336. The van der Waals surface area contributed by atoms with E-state index in [0.717, 1.165) is 0 Å². The van der Waals surface area contributed by atoms with Gasteiger partial charge in [0, 0.05) is 11.8 Å². The largest absolute Gasteiger partial charge is 0.478 e. The minimum Gasteiger partial charge on any atom is -0.478 e. The van der Waals surface area contributed by atoms with Crippen molar-refractivity contribution in [3.05, 3.63) is 41.5 Å². The molecule has 0 atom stereocenters. The van der Waals surface area contributed by atoms with Crippen LogP contribution in [0, 0.1) is 0 Å². The Bertz CT molecular complexity index is 503. The summed E-state index contributed by atoms with van der Waals surface area (Å²) in [6.45, 7) is 0. The van der Waals surface area contributed by atoms with Crippen molar-refractivity contribution < 1.29 is 27.9 Å². The van der Waals surface area contributed by atoms with Gasteiger partial charge in [-0.3, -0.25) is 4.79 Å². The van der Waals surface area contributed by atoms with Crippen LogP contribution in [0.25, 0.3) is 5.70 Å². The highest BCUT2D eigenvalue weighted by molar-refractivity contribution is 6.00. The zero-order valence-corrected chi connectivity index (χ0v) is 8.86. The molecule has 0 aromatic heterocycles. The van der Waals surface area contributed by atoms with E-state index in [1.54, 1.807) is 0 Å². The summed E-state index contributed by atoms with van der Waals surface area (Å²) in [4.78, 5) is 21.2. The van der Waals surface area contributed by atoms with Gasteiger partial charge >= 0.3 is 12.1 Å². The molecule has 18 heavy (non-hydrogen) atoms. The summed E-state index contributed by atoms with van der Waals surface area (Å²) in [5.74, 6) is -3.24. The Kier molecular flexibility index (Phi) is 3.75. The third kappa shape index (κ3) is 3.34. The van der Waals surface area contributed by atoms with Crippen LogP contribution in [-0.2, 0) is 4.79 Å². The predicted molar refractivity (Wildman–Crippen MR) is 56.6 cm³/mol. The maximum Gasteiger partial charge on any atom is 0.454 e. The lowest BCUT2D eigenvalue weighted by Gasteiger charge is -2.04. The third-order valence-electron chi connectivity index (χ3n) is 2.03. The predicted octanol–water partition coefficient (Wildman–Crippen LogP) is 1.82.